The molecule has 1 aliphatic rings. The van der Waals surface area contributed by atoms with Crippen LogP contribution in [-0.4, -0.2) is 95.4 Å². The molecule has 0 aliphatic carbocycles. The summed E-state index contributed by atoms with van der Waals surface area (Å²) in [5, 5.41) is 45.2. The first-order chi connectivity index (χ1) is 35.5. The van der Waals surface area contributed by atoms with Gasteiger partial charge in [-0.2, -0.15) is 8.42 Å². The summed E-state index contributed by atoms with van der Waals surface area (Å²) < 4.78 is 48.0. The predicted octanol–water partition coefficient (Wildman–Crippen LogP) is 15.0. The van der Waals surface area contributed by atoms with Gasteiger partial charge in [0.15, 0.2) is 6.29 Å². The van der Waals surface area contributed by atoms with Gasteiger partial charge < -0.3 is 35.2 Å². The van der Waals surface area contributed by atoms with E-state index in [4.69, 9.17) is 9.47 Å². The second kappa shape index (κ2) is 50.4. The third-order valence-corrected chi connectivity index (χ3v) is 15.5. The molecule has 1 saturated heterocycles. The molecule has 1 rings (SSSR count). The Kier molecular flexibility index (Phi) is 48.2. The van der Waals surface area contributed by atoms with Gasteiger partial charge in [-0.1, -0.05) is 276 Å². The average Bonchev–Trinajstić information content (AvgIpc) is 3.37. The maximum atomic E-state index is 13.2. The number of amides is 1. The number of rotatable bonds is 55. The highest BCUT2D eigenvalue weighted by atomic mass is 32.3. The molecule has 1 aliphatic heterocycles. The normalized spacial score (nSPS) is 19.2. The zero-order valence-electron chi connectivity index (χ0n) is 47.2. The van der Waals surface area contributed by atoms with Crippen molar-refractivity contribution < 1.29 is 51.8 Å². The highest BCUT2D eigenvalue weighted by Gasteiger charge is 2.48. The topological polar surface area (TPSA) is 192 Å². The highest BCUT2D eigenvalue weighted by Crippen LogP contribution is 2.26. The van der Waals surface area contributed by atoms with Gasteiger partial charge in [0.25, 0.3) is 0 Å². The molecule has 73 heavy (non-hydrogen) atoms. The first kappa shape index (κ1) is 69.9. The second-order valence-corrected chi connectivity index (χ2v) is 23.0. The van der Waals surface area contributed by atoms with Crippen LogP contribution in [0.4, 0.5) is 0 Å². The molecule has 434 valence electrons. The van der Waals surface area contributed by atoms with Crippen molar-refractivity contribution in [2.45, 2.75) is 352 Å². The molecule has 7 atom stereocenters. The van der Waals surface area contributed by atoms with Crippen molar-refractivity contribution in [3.63, 3.8) is 0 Å². The van der Waals surface area contributed by atoms with Crippen LogP contribution in [0.3, 0.4) is 0 Å². The SMILES string of the molecule is CCCCCCCCCCCCC/C=C\CCCCCCCCCC(=O)NC(COC1OC(CO)C(O)C(OS(=O)(=O)O)C1O)C(O)CCCCCCCCCCCCCCCCCCCCCCCCCC. The molecule has 13 heteroatoms. The number of ether oxygens (including phenoxy) is 2. The summed E-state index contributed by atoms with van der Waals surface area (Å²) in [6.45, 7) is 3.51. The lowest BCUT2D eigenvalue weighted by Gasteiger charge is -2.41. The van der Waals surface area contributed by atoms with E-state index in [1.807, 2.05) is 0 Å². The standard InChI is InChI=1S/C60H117NO11S/c1-3-5-7-9-11-13-15-17-19-21-23-25-27-28-29-31-33-35-37-39-41-43-45-47-49-54(63)53(52-70-60-58(66)59(72-73(67,68)69)57(65)55(51-62)71-60)61-56(64)50-48-46-44-42-40-38-36-34-32-30-26-24-22-20-18-16-14-12-10-8-6-4-2/h30,32,53-55,57-60,62-63,65-66H,3-29,31,33-52H2,1-2H3,(H,61,64)(H,67,68,69)/b32-30-. The zero-order chi connectivity index (χ0) is 53.3. The van der Waals surface area contributed by atoms with Gasteiger partial charge in [0, 0.05) is 6.42 Å². The molecular weight excluding hydrogens is 943 g/mol. The first-order valence-corrected chi connectivity index (χ1v) is 32.4. The minimum absolute atomic E-state index is 0.228. The molecule has 0 radical (unpaired) electrons. The van der Waals surface area contributed by atoms with Crippen LogP contribution in [0.25, 0.3) is 0 Å². The Labute approximate surface area is 449 Å². The molecule has 0 saturated carbocycles. The number of hydrogen-bond acceptors (Lipinski definition) is 10. The quantitative estimate of drug-likeness (QED) is 0.0193. The number of aliphatic hydroxyl groups is 4. The molecule has 0 aromatic rings. The maximum absolute atomic E-state index is 13.2. The molecule has 12 nitrogen and oxygen atoms in total. The summed E-state index contributed by atoms with van der Waals surface area (Å²) in [5.41, 5.74) is 0. The van der Waals surface area contributed by atoms with Gasteiger partial charge in [-0.3, -0.25) is 9.35 Å². The van der Waals surface area contributed by atoms with Gasteiger partial charge in [-0.15, -0.1) is 0 Å². The van der Waals surface area contributed by atoms with Crippen LogP contribution >= 0.6 is 0 Å². The molecule has 0 bridgehead atoms. The van der Waals surface area contributed by atoms with E-state index in [1.165, 1.54) is 225 Å². The number of aliphatic hydroxyl groups excluding tert-OH is 4. The maximum Gasteiger partial charge on any atom is 0.397 e. The summed E-state index contributed by atoms with van der Waals surface area (Å²) >= 11 is 0. The fraction of sp³-hybridized carbons (Fsp3) is 0.950. The molecule has 0 spiro atoms. The first-order valence-electron chi connectivity index (χ1n) is 31.1. The van der Waals surface area contributed by atoms with Gasteiger partial charge in [0.05, 0.1) is 25.4 Å². The second-order valence-electron chi connectivity index (χ2n) is 22.0. The average molecular weight is 1060 g/mol. The fourth-order valence-electron chi connectivity index (χ4n) is 10.3. The summed E-state index contributed by atoms with van der Waals surface area (Å²) in [7, 11) is -5.08. The third-order valence-electron chi connectivity index (χ3n) is 15.1. The predicted molar refractivity (Wildman–Crippen MR) is 301 cm³/mol. The smallest absolute Gasteiger partial charge is 0.394 e. The van der Waals surface area contributed by atoms with E-state index >= 15 is 0 Å². The Bertz CT molecular complexity index is 1340. The van der Waals surface area contributed by atoms with Crippen molar-refractivity contribution in [1.29, 1.82) is 0 Å². The number of carbonyl (C=O) groups excluding carboxylic acids is 1. The van der Waals surface area contributed by atoms with Crippen molar-refractivity contribution in [2.75, 3.05) is 13.2 Å². The van der Waals surface area contributed by atoms with E-state index in [-0.39, 0.29) is 18.9 Å². The Balaban J connectivity index is 2.32. The molecule has 0 aromatic carbocycles. The molecule has 1 fully saturated rings. The van der Waals surface area contributed by atoms with Crippen LogP contribution in [0.5, 0.6) is 0 Å². The number of allylic oxidation sites excluding steroid dienone is 2. The number of nitrogens with one attached hydrogen (secondary N) is 1. The summed E-state index contributed by atoms with van der Waals surface area (Å²) in [6, 6.07) is -0.859. The molecule has 1 heterocycles. The number of hydrogen-bond donors (Lipinski definition) is 6. The van der Waals surface area contributed by atoms with Gasteiger partial charge in [0.2, 0.25) is 5.91 Å². The molecule has 1 amide bonds. The van der Waals surface area contributed by atoms with Crippen molar-refractivity contribution >= 4 is 16.3 Å². The van der Waals surface area contributed by atoms with Crippen molar-refractivity contribution in [3.8, 4) is 0 Å². The van der Waals surface area contributed by atoms with Gasteiger partial charge in [-0.05, 0) is 38.5 Å². The molecule has 7 unspecified atom stereocenters. The van der Waals surface area contributed by atoms with Crippen LogP contribution in [0.15, 0.2) is 12.2 Å². The van der Waals surface area contributed by atoms with E-state index in [2.05, 4.69) is 35.5 Å². The van der Waals surface area contributed by atoms with Crippen molar-refractivity contribution in [1.82, 2.24) is 5.32 Å². The van der Waals surface area contributed by atoms with E-state index in [0.29, 0.717) is 12.8 Å². The largest absolute Gasteiger partial charge is 0.397 e. The molecule has 6 N–H and O–H groups in total. The van der Waals surface area contributed by atoms with Gasteiger partial charge in [-0.25, -0.2) is 4.18 Å². The minimum Gasteiger partial charge on any atom is -0.394 e. The highest BCUT2D eigenvalue weighted by molar-refractivity contribution is 7.80. The lowest BCUT2D eigenvalue weighted by atomic mass is 9.99. The Morgan fingerprint density at radius 2 is 0.877 bits per heavy atom. The Morgan fingerprint density at radius 1 is 0.534 bits per heavy atom. The van der Waals surface area contributed by atoms with Crippen molar-refractivity contribution in [2.24, 2.45) is 0 Å². The van der Waals surface area contributed by atoms with Crippen LogP contribution < -0.4 is 5.32 Å². The summed E-state index contributed by atoms with van der Waals surface area (Å²) in [5.74, 6) is -0.228. The van der Waals surface area contributed by atoms with Crippen LogP contribution in [0.1, 0.15) is 309 Å². The van der Waals surface area contributed by atoms with Crippen molar-refractivity contribution in [3.05, 3.63) is 12.2 Å². The van der Waals surface area contributed by atoms with E-state index < -0.39 is 59.9 Å². The number of unbranched alkanes of at least 4 members (excludes halogenated alkanes) is 41. The zero-order valence-corrected chi connectivity index (χ0v) is 48.0. The lowest BCUT2D eigenvalue weighted by Crippen LogP contribution is -2.61. The molecule has 0 aromatic heterocycles. The third kappa shape index (κ3) is 42.5. The van der Waals surface area contributed by atoms with Gasteiger partial charge in [0.1, 0.15) is 24.4 Å². The van der Waals surface area contributed by atoms with E-state index in [9.17, 15) is 38.2 Å². The monoisotopic (exact) mass is 1060 g/mol. The summed E-state index contributed by atoms with van der Waals surface area (Å²) in [6.07, 6.45) is 52.2. The lowest BCUT2D eigenvalue weighted by molar-refractivity contribution is -0.298. The van der Waals surface area contributed by atoms with E-state index in [0.717, 1.165) is 51.4 Å². The van der Waals surface area contributed by atoms with Gasteiger partial charge >= 0.3 is 10.4 Å². The fourth-order valence-corrected chi connectivity index (χ4v) is 10.8. The minimum atomic E-state index is -5.08. The van der Waals surface area contributed by atoms with Crippen LogP contribution in [0.2, 0.25) is 0 Å². The van der Waals surface area contributed by atoms with E-state index in [1.54, 1.807) is 0 Å². The Hall–Kier alpha value is -1.16. The molecular formula is C60H117NO11S. The Morgan fingerprint density at radius 3 is 1.23 bits per heavy atom. The van der Waals surface area contributed by atoms with Crippen LogP contribution in [0, 0.1) is 0 Å². The van der Waals surface area contributed by atoms with Crippen LogP contribution in [-0.2, 0) is 28.9 Å². The number of carbonyl (C=O) groups is 1. The summed E-state index contributed by atoms with van der Waals surface area (Å²) in [4.78, 5) is 13.2.